The number of hydrogen-bond donors (Lipinski definition) is 0. The van der Waals surface area contributed by atoms with Gasteiger partial charge in [0.15, 0.2) is 11.6 Å². The molecule has 0 bridgehead atoms. The number of allylic oxidation sites excluding steroid dienone is 6. The van der Waals surface area contributed by atoms with Crippen molar-refractivity contribution in [3.63, 3.8) is 0 Å². The molecule has 1 aromatic carbocycles. The monoisotopic (exact) mass is 264 g/mol. The van der Waals surface area contributed by atoms with Crippen molar-refractivity contribution in [3.05, 3.63) is 64.3 Å². The lowest BCUT2D eigenvalue weighted by atomic mass is 9.77. The van der Waals surface area contributed by atoms with Gasteiger partial charge in [0, 0.05) is 16.7 Å². The predicted molar refractivity (Wildman–Crippen MR) is 79.1 cm³/mol. The van der Waals surface area contributed by atoms with E-state index < -0.39 is 0 Å². The van der Waals surface area contributed by atoms with E-state index in [9.17, 15) is 9.59 Å². The average molecular weight is 264 g/mol. The molecule has 0 unspecified atom stereocenters. The molecule has 0 N–H and O–H groups in total. The lowest BCUT2D eigenvalue weighted by molar-refractivity contribution is -0.114. The zero-order valence-corrected chi connectivity index (χ0v) is 11.7. The third kappa shape index (κ3) is 1.97. The number of carbonyl (C=O) groups is 2. The molecule has 2 nitrogen and oxygen atoms in total. The molecule has 2 heteroatoms. The van der Waals surface area contributed by atoms with Gasteiger partial charge in [-0.15, -0.1) is 0 Å². The summed E-state index contributed by atoms with van der Waals surface area (Å²) in [6.45, 7) is 4.07. The van der Waals surface area contributed by atoms with Crippen LogP contribution in [0.1, 0.15) is 32.3 Å². The summed E-state index contributed by atoms with van der Waals surface area (Å²) >= 11 is 0. The largest absolute Gasteiger partial charge is 0.290 e. The van der Waals surface area contributed by atoms with E-state index in [1.807, 2.05) is 44.2 Å². The molecule has 0 radical (unpaired) electrons. The van der Waals surface area contributed by atoms with Gasteiger partial charge in [0.2, 0.25) is 0 Å². The number of ketones is 2. The molecule has 20 heavy (non-hydrogen) atoms. The minimum atomic E-state index is -0.00898. The first-order valence-corrected chi connectivity index (χ1v) is 6.81. The van der Waals surface area contributed by atoms with Gasteiger partial charge >= 0.3 is 0 Å². The SMILES string of the molecule is CC1=C(C)CC2=C(C1)C(=O)C=C(c1ccccc1)C2=O. The molecule has 2 aliphatic carbocycles. The second kappa shape index (κ2) is 4.71. The van der Waals surface area contributed by atoms with Gasteiger partial charge in [-0.05, 0) is 38.3 Å². The Hall–Kier alpha value is -2.22. The summed E-state index contributed by atoms with van der Waals surface area (Å²) < 4.78 is 0. The second-order valence-corrected chi connectivity index (χ2v) is 5.49. The van der Waals surface area contributed by atoms with Crippen molar-refractivity contribution >= 4 is 17.1 Å². The van der Waals surface area contributed by atoms with Gasteiger partial charge in [0.1, 0.15) is 0 Å². The summed E-state index contributed by atoms with van der Waals surface area (Å²) in [5, 5.41) is 0. The molecule has 0 saturated heterocycles. The van der Waals surface area contributed by atoms with E-state index in [2.05, 4.69) is 0 Å². The fourth-order valence-corrected chi connectivity index (χ4v) is 2.78. The van der Waals surface area contributed by atoms with Crippen LogP contribution in [-0.4, -0.2) is 11.6 Å². The average Bonchev–Trinajstić information content (AvgIpc) is 2.46. The van der Waals surface area contributed by atoms with Crippen LogP contribution in [0.5, 0.6) is 0 Å². The van der Waals surface area contributed by atoms with Crippen LogP contribution in [-0.2, 0) is 9.59 Å². The Bertz CT molecular complexity index is 700. The highest BCUT2D eigenvalue weighted by Gasteiger charge is 2.31. The van der Waals surface area contributed by atoms with Crippen molar-refractivity contribution in [1.29, 1.82) is 0 Å². The Morgan fingerprint density at radius 3 is 2.10 bits per heavy atom. The van der Waals surface area contributed by atoms with Gasteiger partial charge in [0.25, 0.3) is 0 Å². The summed E-state index contributed by atoms with van der Waals surface area (Å²) in [5.74, 6) is 0.00273. The Morgan fingerprint density at radius 1 is 0.850 bits per heavy atom. The number of rotatable bonds is 1. The second-order valence-electron chi connectivity index (χ2n) is 5.49. The van der Waals surface area contributed by atoms with Gasteiger partial charge in [0.05, 0.1) is 0 Å². The van der Waals surface area contributed by atoms with E-state index >= 15 is 0 Å². The Morgan fingerprint density at radius 2 is 1.45 bits per heavy atom. The van der Waals surface area contributed by atoms with E-state index in [1.54, 1.807) is 0 Å². The first kappa shape index (κ1) is 12.8. The van der Waals surface area contributed by atoms with Crippen LogP contribution in [0.15, 0.2) is 58.7 Å². The topological polar surface area (TPSA) is 34.1 Å². The molecule has 0 aromatic heterocycles. The number of hydrogen-bond acceptors (Lipinski definition) is 2. The molecule has 0 spiro atoms. The number of carbonyl (C=O) groups excluding carboxylic acids is 2. The quantitative estimate of drug-likeness (QED) is 0.573. The summed E-state index contributed by atoms with van der Waals surface area (Å²) in [6.07, 6.45) is 2.73. The van der Waals surface area contributed by atoms with E-state index in [-0.39, 0.29) is 11.6 Å². The first-order valence-electron chi connectivity index (χ1n) is 6.81. The molecule has 0 atom stereocenters. The van der Waals surface area contributed by atoms with E-state index in [4.69, 9.17) is 0 Å². The smallest absolute Gasteiger partial charge is 0.190 e. The maximum absolute atomic E-state index is 12.7. The zero-order valence-electron chi connectivity index (χ0n) is 11.7. The Balaban J connectivity index is 2.03. The van der Waals surface area contributed by atoms with Crippen LogP contribution in [0, 0.1) is 0 Å². The predicted octanol–water partition coefficient (Wildman–Crippen LogP) is 3.65. The third-order valence-electron chi connectivity index (χ3n) is 4.15. The van der Waals surface area contributed by atoms with Crippen molar-refractivity contribution in [3.8, 4) is 0 Å². The van der Waals surface area contributed by atoms with Crippen molar-refractivity contribution in [2.24, 2.45) is 0 Å². The highest BCUT2D eigenvalue weighted by molar-refractivity contribution is 6.37. The number of benzene rings is 1. The van der Waals surface area contributed by atoms with Gasteiger partial charge in [-0.25, -0.2) is 0 Å². The minimum Gasteiger partial charge on any atom is -0.290 e. The van der Waals surface area contributed by atoms with Crippen LogP contribution in [0.3, 0.4) is 0 Å². The molecule has 100 valence electrons. The Kier molecular flexibility index (Phi) is 3.01. The van der Waals surface area contributed by atoms with Gasteiger partial charge in [-0.2, -0.15) is 0 Å². The lowest BCUT2D eigenvalue weighted by Gasteiger charge is -2.25. The molecule has 1 aromatic rings. The lowest BCUT2D eigenvalue weighted by Crippen LogP contribution is -2.22. The standard InChI is InChI=1S/C18H16O2/c1-11-8-15-16(9-12(11)2)18(20)14(10-17(15)19)13-6-4-3-5-7-13/h3-7,10H,8-9H2,1-2H3. The van der Waals surface area contributed by atoms with Crippen molar-refractivity contribution < 1.29 is 9.59 Å². The van der Waals surface area contributed by atoms with Crippen molar-refractivity contribution in [2.75, 3.05) is 0 Å². The summed E-state index contributed by atoms with van der Waals surface area (Å²) in [6, 6.07) is 9.42. The van der Waals surface area contributed by atoms with Crippen LogP contribution < -0.4 is 0 Å². The Labute approximate surface area is 118 Å². The molecular formula is C18H16O2. The molecule has 0 amide bonds. The highest BCUT2D eigenvalue weighted by atomic mass is 16.1. The molecule has 2 aliphatic rings. The zero-order chi connectivity index (χ0) is 14.3. The fraction of sp³-hybridized carbons (Fsp3) is 0.222. The maximum Gasteiger partial charge on any atom is 0.190 e. The minimum absolute atomic E-state index is 0.00898. The van der Waals surface area contributed by atoms with Gasteiger partial charge < -0.3 is 0 Å². The highest BCUT2D eigenvalue weighted by Crippen LogP contribution is 2.37. The summed E-state index contributed by atoms with van der Waals surface area (Å²) in [7, 11) is 0. The summed E-state index contributed by atoms with van der Waals surface area (Å²) in [5.41, 5.74) is 5.15. The van der Waals surface area contributed by atoms with Crippen LogP contribution >= 0.6 is 0 Å². The molecule has 0 saturated carbocycles. The van der Waals surface area contributed by atoms with E-state index in [1.165, 1.54) is 17.2 Å². The van der Waals surface area contributed by atoms with Gasteiger partial charge in [-0.1, -0.05) is 41.5 Å². The molecule has 0 aliphatic heterocycles. The van der Waals surface area contributed by atoms with Crippen LogP contribution in [0.25, 0.3) is 5.57 Å². The molecule has 0 fully saturated rings. The van der Waals surface area contributed by atoms with Crippen molar-refractivity contribution in [2.45, 2.75) is 26.7 Å². The van der Waals surface area contributed by atoms with Gasteiger partial charge in [-0.3, -0.25) is 9.59 Å². The summed E-state index contributed by atoms with van der Waals surface area (Å²) in [4.78, 5) is 25.0. The molecule has 0 heterocycles. The molecular weight excluding hydrogens is 248 g/mol. The van der Waals surface area contributed by atoms with Crippen LogP contribution in [0.4, 0.5) is 0 Å². The van der Waals surface area contributed by atoms with E-state index in [0.29, 0.717) is 29.6 Å². The number of Topliss-reactive ketones (excluding diaryl/α,β-unsaturated/α-hetero) is 1. The van der Waals surface area contributed by atoms with Crippen LogP contribution in [0.2, 0.25) is 0 Å². The van der Waals surface area contributed by atoms with Crippen molar-refractivity contribution in [1.82, 2.24) is 0 Å². The fourth-order valence-electron chi connectivity index (χ4n) is 2.78. The molecule has 3 rings (SSSR count). The normalized spacial score (nSPS) is 19.2. The third-order valence-corrected chi connectivity index (χ3v) is 4.15. The van der Waals surface area contributed by atoms with E-state index in [0.717, 1.165) is 5.56 Å². The first-order chi connectivity index (χ1) is 9.58. The maximum atomic E-state index is 12.7.